The van der Waals surface area contributed by atoms with E-state index in [1.54, 1.807) is 36.4 Å². The molecule has 2 aromatic carbocycles. The molecule has 0 bridgehead atoms. The SMILES string of the molecule is C[C@@H]1CCCC[C@@H]1NC(=O)[C@H](c1ccc(Cl)cc1)N(Cc1ccc(F)cc1)C(=O)CCl. The number of amides is 2. The summed E-state index contributed by atoms with van der Waals surface area (Å²) in [4.78, 5) is 27.8. The number of rotatable bonds is 7. The van der Waals surface area contributed by atoms with Crippen molar-refractivity contribution in [3.05, 3.63) is 70.5 Å². The van der Waals surface area contributed by atoms with Crippen molar-refractivity contribution in [2.24, 2.45) is 5.92 Å². The van der Waals surface area contributed by atoms with Crippen molar-refractivity contribution < 1.29 is 14.0 Å². The molecular weight excluding hydrogens is 438 g/mol. The minimum absolute atomic E-state index is 0.0647. The lowest BCUT2D eigenvalue weighted by atomic mass is 9.85. The molecule has 3 rings (SSSR count). The average molecular weight is 465 g/mol. The Bertz CT molecular complexity index is 889. The molecule has 1 N–H and O–H groups in total. The van der Waals surface area contributed by atoms with E-state index < -0.39 is 6.04 Å². The van der Waals surface area contributed by atoms with Crippen molar-refractivity contribution >= 4 is 35.0 Å². The first-order valence-corrected chi connectivity index (χ1v) is 11.5. The summed E-state index contributed by atoms with van der Waals surface area (Å²) in [7, 11) is 0. The largest absolute Gasteiger partial charge is 0.351 e. The van der Waals surface area contributed by atoms with Crippen molar-refractivity contribution in [1.82, 2.24) is 10.2 Å². The van der Waals surface area contributed by atoms with E-state index in [0.717, 1.165) is 25.7 Å². The molecule has 7 heteroatoms. The molecule has 3 atom stereocenters. The van der Waals surface area contributed by atoms with Gasteiger partial charge in [-0.3, -0.25) is 9.59 Å². The predicted octanol–water partition coefficient (Wildman–Crippen LogP) is 5.48. The second kappa shape index (κ2) is 11.0. The molecular formula is C24H27Cl2FN2O2. The molecule has 0 aliphatic heterocycles. The third-order valence-electron chi connectivity index (χ3n) is 5.89. The van der Waals surface area contributed by atoms with Crippen LogP contribution in [0.1, 0.15) is 49.8 Å². The molecule has 0 spiro atoms. The van der Waals surface area contributed by atoms with Crippen LogP contribution in [0, 0.1) is 11.7 Å². The van der Waals surface area contributed by atoms with Gasteiger partial charge in [-0.2, -0.15) is 0 Å². The number of hydrogen-bond donors (Lipinski definition) is 1. The van der Waals surface area contributed by atoms with E-state index in [9.17, 15) is 14.0 Å². The standard InChI is InChI=1S/C24H27Cl2FN2O2/c1-16-4-2-3-5-21(16)28-24(31)23(18-8-10-19(26)11-9-18)29(22(30)14-25)15-17-6-12-20(27)13-7-17/h6-13,16,21,23H,2-5,14-15H2,1H3,(H,28,31)/t16-,21+,23+/m1/s1. The van der Waals surface area contributed by atoms with E-state index in [2.05, 4.69) is 12.2 Å². The quantitative estimate of drug-likeness (QED) is 0.551. The summed E-state index contributed by atoms with van der Waals surface area (Å²) < 4.78 is 13.4. The van der Waals surface area contributed by atoms with Gasteiger partial charge < -0.3 is 10.2 Å². The molecule has 1 saturated carbocycles. The van der Waals surface area contributed by atoms with Gasteiger partial charge in [-0.1, -0.05) is 55.6 Å². The zero-order valence-corrected chi connectivity index (χ0v) is 19.0. The molecule has 2 aromatic rings. The van der Waals surface area contributed by atoms with Crippen LogP contribution in [0.2, 0.25) is 5.02 Å². The van der Waals surface area contributed by atoms with Crippen molar-refractivity contribution in [3.63, 3.8) is 0 Å². The Balaban J connectivity index is 1.94. The number of carbonyl (C=O) groups excluding carboxylic acids is 2. The zero-order chi connectivity index (χ0) is 22.4. The van der Waals surface area contributed by atoms with Crippen LogP contribution in [0.25, 0.3) is 0 Å². The maximum Gasteiger partial charge on any atom is 0.247 e. The number of hydrogen-bond acceptors (Lipinski definition) is 2. The summed E-state index contributed by atoms with van der Waals surface area (Å²) in [5.41, 5.74) is 1.35. The van der Waals surface area contributed by atoms with Crippen molar-refractivity contribution in [2.75, 3.05) is 5.88 Å². The summed E-state index contributed by atoms with van der Waals surface area (Å²) in [6, 6.07) is 11.9. The lowest BCUT2D eigenvalue weighted by molar-refractivity contribution is -0.140. The molecule has 0 heterocycles. The minimum atomic E-state index is -0.873. The zero-order valence-electron chi connectivity index (χ0n) is 17.5. The van der Waals surface area contributed by atoms with Crippen LogP contribution >= 0.6 is 23.2 Å². The van der Waals surface area contributed by atoms with Crippen molar-refractivity contribution in [3.8, 4) is 0 Å². The van der Waals surface area contributed by atoms with Gasteiger partial charge in [-0.25, -0.2) is 4.39 Å². The van der Waals surface area contributed by atoms with Gasteiger partial charge in [0.15, 0.2) is 0 Å². The van der Waals surface area contributed by atoms with Gasteiger partial charge in [0.25, 0.3) is 0 Å². The second-order valence-electron chi connectivity index (χ2n) is 8.11. The van der Waals surface area contributed by atoms with Crippen LogP contribution in [0.3, 0.4) is 0 Å². The van der Waals surface area contributed by atoms with Gasteiger partial charge in [0.1, 0.15) is 17.7 Å². The molecule has 2 amide bonds. The normalized spacial score (nSPS) is 19.5. The maximum atomic E-state index is 13.5. The summed E-state index contributed by atoms with van der Waals surface area (Å²) >= 11 is 12.0. The molecule has 0 radical (unpaired) electrons. The lowest BCUT2D eigenvalue weighted by Crippen LogP contribution is -2.49. The first-order chi connectivity index (χ1) is 14.9. The van der Waals surface area contributed by atoms with Crippen LogP contribution in [0.4, 0.5) is 4.39 Å². The molecule has 1 aliphatic rings. The van der Waals surface area contributed by atoms with Gasteiger partial charge in [0.05, 0.1) is 0 Å². The number of nitrogens with zero attached hydrogens (tertiary/aromatic N) is 1. The Morgan fingerprint density at radius 2 is 1.74 bits per heavy atom. The third-order valence-corrected chi connectivity index (χ3v) is 6.37. The molecule has 0 unspecified atom stereocenters. The second-order valence-corrected chi connectivity index (χ2v) is 8.82. The Labute approximate surface area is 192 Å². The van der Waals surface area contributed by atoms with E-state index in [4.69, 9.17) is 23.2 Å². The van der Waals surface area contributed by atoms with Crippen LogP contribution in [0.5, 0.6) is 0 Å². The summed E-state index contributed by atoms with van der Waals surface area (Å²) in [6.45, 7) is 2.27. The predicted molar refractivity (Wildman–Crippen MR) is 121 cm³/mol. The van der Waals surface area contributed by atoms with Crippen LogP contribution in [0.15, 0.2) is 48.5 Å². The Morgan fingerprint density at radius 3 is 2.35 bits per heavy atom. The fourth-order valence-electron chi connectivity index (χ4n) is 4.10. The number of nitrogens with one attached hydrogen (secondary N) is 1. The summed E-state index contributed by atoms with van der Waals surface area (Å²) in [5, 5.41) is 3.71. The smallest absolute Gasteiger partial charge is 0.247 e. The fraction of sp³-hybridized carbons (Fsp3) is 0.417. The van der Waals surface area contributed by atoms with Gasteiger partial charge >= 0.3 is 0 Å². The van der Waals surface area contributed by atoms with Gasteiger partial charge in [-0.05, 0) is 54.2 Å². The topological polar surface area (TPSA) is 49.4 Å². The molecule has 0 aromatic heterocycles. The highest BCUT2D eigenvalue weighted by Gasteiger charge is 2.33. The van der Waals surface area contributed by atoms with E-state index in [1.807, 2.05) is 0 Å². The van der Waals surface area contributed by atoms with E-state index in [0.29, 0.717) is 22.1 Å². The average Bonchev–Trinajstić information content (AvgIpc) is 2.77. The van der Waals surface area contributed by atoms with Crippen LogP contribution in [-0.2, 0) is 16.1 Å². The third kappa shape index (κ3) is 6.20. The van der Waals surface area contributed by atoms with E-state index >= 15 is 0 Å². The molecule has 1 fully saturated rings. The molecule has 166 valence electrons. The minimum Gasteiger partial charge on any atom is -0.351 e. The van der Waals surface area contributed by atoms with Crippen molar-refractivity contribution in [1.29, 1.82) is 0 Å². The highest BCUT2D eigenvalue weighted by atomic mass is 35.5. The molecule has 0 saturated heterocycles. The first-order valence-electron chi connectivity index (χ1n) is 10.5. The van der Waals surface area contributed by atoms with Gasteiger partial charge in [0, 0.05) is 17.6 Å². The molecule has 31 heavy (non-hydrogen) atoms. The Hall–Kier alpha value is -2.11. The maximum absolute atomic E-state index is 13.5. The monoisotopic (exact) mass is 464 g/mol. The number of halogens is 3. The lowest BCUT2D eigenvalue weighted by Gasteiger charge is -2.35. The highest BCUT2D eigenvalue weighted by Crippen LogP contribution is 2.28. The van der Waals surface area contributed by atoms with Crippen LogP contribution < -0.4 is 5.32 Å². The van der Waals surface area contributed by atoms with Gasteiger partial charge in [-0.15, -0.1) is 11.6 Å². The van der Waals surface area contributed by atoms with E-state index in [-0.39, 0.29) is 36.1 Å². The fourth-order valence-corrected chi connectivity index (χ4v) is 4.38. The molecule has 4 nitrogen and oxygen atoms in total. The summed E-state index contributed by atoms with van der Waals surface area (Å²) in [6.07, 6.45) is 4.22. The van der Waals surface area contributed by atoms with Gasteiger partial charge in [0.2, 0.25) is 11.8 Å². The number of carbonyl (C=O) groups is 2. The highest BCUT2D eigenvalue weighted by molar-refractivity contribution is 6.30. The van der Waals surface area contributed by atoms with Crippen LogP contribution in [-0.4, -0.2) is 28.6 Å². The first kappa shape index (κ1) is 23.6. The van der Waals surface area contributed by atoms with E-state index in [1.165, 1.54) is 17.0 Å². The Kier molecular flexibility index (Phi) is 8.33. The van der Waals surface area contributed by atoms with Crippen molar-refractivity contribution in [2.45, 2.75) is 51.2 Å². The summed E-state index contributed by atoms with van der Waals surface area (Å²) in [5.74, 6) is -0.882. The molecule has 1 aliphatic carbocycles. The number of benzene rings is 2. The number of alkyl halides is 1. The Morgan fingerprint density at radius 1 is 1.10 bits per heavy atom.